The van der Waals surface area contributed by atoms with E-state index in [-0.39, 0.29) is 24.1 Å². The standard InChI is InChI=1S/C15H18N2O4/c1-9(18)21-10-6-7-17-12(8-10)11-4-3-5-13(20-2)14(11)16-15(17)19/h3-5,10,12H,6-8H2,1-2H3,(H,16,19)/t10-,12+/m0/s1. The van der Waals surface area contributed by atoms with Gasteiger partial charge in [-0.25, -0.2) is 4.79 Å². The molecule has 3 rings (SSSR count). The molecule has 0 aromatic heterocycles. The molecule has 1 N–H and O–H groups in total. The highest BCUT2D eigenvalue weighted by Gasteiger charge is 2.39. The second-order valence-electron chi connectivity index (χ2n) is 5.32. The molecule has 1 saturated heterocycles. The molecule has 2 aliphatic rings. The van der Waals surface area contributed by atoms with Crippen LogP contribution in [0.5, 0.6) is 5.75 Å². The predicted octanol–water partition coefficient (Wildman–Crippen LogP) is 2.31. The van der Waals surface area contributed by atoms with Gasteiger partial charge in [-0.1, -0.05) is 12.1 Å². The molecule has 0 saturated carbocycles. The van der Waals surface area contributed by atoms with Crippen LogP contribution in [0, 0.1) is 0 Å². The minimum absolute atomic E-state index is 0.0815. The highest BCUT2D eigenvalue weighted by atomic mass is 16.5. The minimum Gasteiger partial charge on any atom is -0.495 e. The van der Waals surface area contributed by atoms with Crippen molar-refractivity contribution in [3.63, 3.8) is 0 Å². The molecule has 1 aromatic rings. The fourth-order valence-electron chi connectivity index (χ4n) is 3.12. The summed E-state index contributed by atoms with van der Waals surface area (Å²) in [6.07, 6.45) is 1.14. The van der Waals surface area contributed by atoms with Gasteiger partial charge in [0.05, 0.1) is 18.8 Å². The number of piperidine rings is 1. The average molecular weight is 290 g/mol. The molecule has 2 heterocycles. The van der Waals surface area contributed by atoms with Crippen molar-refractivity contribution < 1.29 is 19.1 Å². The molecule has 2 aliphatic heterocycles. The maximum atomic E-state index is 12.2. The van der Waals surface area contributed by atoms with Gasteiger partial charge in [-0.05, 0) is 6.07 Å². The maximum Gasteiger partial charge on any atom is 0.322 e. The van der Waals surface area contributed by atoms with Crippen LogP contribution in [0.2, 0.25) is 0 Å². The lowest BCUT2D eigenvalue weighted by Crippen LogP contribution is -2.48. The Hall–Kier alpha value is -2.24. The fourth-order valence-corrected chi connectivity index (χ4v) is 3.12. The number of nitrogens with one attached hydrogen (secondary N) is 1. The molecule has 2 amide bonds. The second-order valence-corrected chi connectivity index (χ2v) is 5.32. The van der Waals surface area contributed by atoms with E-state index in [4.69, 9.17) is 9.47 Å². The summed E-state index contributed by atoms with van der Waals surface area (Å²) in [7, 11) is 1.58. The van der Waals surface area contributed by atoms with Gasteiger partial charge in [0, 0.05) is 31.9 Å². The number of urea groups is 1. The first-order chi connectivity index (χ1) is 10.1. The molecular weight excluding hydrogens is 272 g/mol. The number of amides is 2. The zero-order valence-corrected chi connectivity index (χ0v) is 12.1. The number of carbonyl (C=O) groups is 2. The molecule has 2 atom stereocenters. The van der Waals surface area contributed by atoms with E-state index in [9.17, 15) is 9.59 Å². The number of esters is 1. The summed E-state index contributed by atoms with van der Waals surface area (Å²) in [5.41, 5.74) is 1.72. The molecule has 0 radical (unpaired) electrons. The third-order valence-corrected chi connectivity index (χ3v) is 4.02. The summed E-state index contributed by atoms with van der Waals surface area (Å²) in [5, 5.41) is 2.89. The third kappa shape index (κ3) is 2.41. The Labute approximate surface area is 123 Å². The summed E-state index contributed by atoms with van der Waals surface area (Å²) < 4.78 is 10.6. The van der Waals surface area contributed by atoms with Crippen LogP contribution in [0.3, 0.4) is 0 Å². The molecule has 6 heteroatoms. The van der Waals surface area contributed by atoms with Crippen LogP contribution in [-0.4, -0.2) is 36.7 Å². The van der Waals surface area contributed by atoms with Crippen LogP contribution in [0.4, 0.5) is 10.5 Å². The lowest BCUT2D eigenvalue weighted by Gasteiger charge is -2.43. The Morgan fingerprint density at radius 2 is 2.24 bits per heavy atom. The minimum atomic E-state index is -0.278. The lowest BCUT2D eigenvalue weighted by atomic mass is 9.90. The molecule has 21 heavy (non-hydrogen) atoms. The quantitative estimate of drug-likeness (QED) is 0.849. The first kappa shape index (κ1) is 13.7. The van der Waals surface area contributed by atoms with E-state index in [1.807, 2.05) is 18.2 Å². The van der Waals surface area contributed by atoms with Crippen LogP contribution in [0.25, 0.3) is 0 Å². The molecule has 0 unspecified atom stereocenters. The van der Waals surface area contributed by atoms with E-state index in [1.54, 1.807) is 12.0 Å². The number of benzene rings is 1. The smallest absolute Gasteiger partial charge is 0.322 e. The van der Waals surface area contributed by atoms with Gasteiger partial charge >= 0.3 is 12.0 Å². The first-order valence-corrected chi connectivity index (χ1v) is 7.02. The van der Waals surface area contributed by atoms with Gasteiger partial charge < -0.3 is 19.7 Å². The highest BCUT2D eigenvalue weighted by Crippen LogP contribution is 2.43. The number of rotatable bonds is 2. The Balaban J connectivity index is 1.94. The van der Waals surface area contributed by atoms with Crippen molar-refractivity contribution in [1.82, 2.24) is 4.90 Å². The van der Waals surface area contributed by atoms with Gasteiger partial charge in [0.2, 0.25) is 0 Å². The SMILES string of the molecule is COc1cccc2c1NC(=O)N1CC[C@H](OC(C)=O)C[C@H]21. The maximum absolute atomic E-state index is 12.2. The first-order valence-electron chi connectivity index (χ1n) is 7.02. The van der Waals surface area contributed by atoms with Crippen molar-refractivity contribution in [2.75, 3.05) is 19.0 Å². The Kier molecular flexibility index (Phi) is 3.45. The highest BCUT2D eigenvalue weighted by molar-refractivity contribution is 5.95. The largest absolute Gasteiger partial charge is 0.495 e. The van der Waals surface area contributed by atoms with Gasteiger partial charge in [-0.15, -0.1) is 0 Å². The van der Waals surface area contributed by atoms with E-state index in [0.29, 0.717) is 25.1 Å². The summed E-state index contributed by atoms with van der Waals surface area (Å²) in [4.78, 5) is 25.2. The second kappa shape index (κ2) is 5.27. The number of ether oxygens (including phenoxy) is 2. The predicted molar refractivity (Wildman–Crippen MR) is 76.2 cm³/mol. The number of methoxy groups -OCH3 is 1. The molecule has 0 aliphatic carbocycles. The summed E-state index contributed by atoms with van der Waals surface area (Å²) in [5.74, 6) is 0.370. The fraction of sp³-hybridized carbons (Fsp3) is 0.467. The Bertz CT molecular complexity index is 587. The number of nitrogens with zero attached hydrogens (tertiary/aromatic N) is 1. The number of para-hydroxylation sites is 1. The normalized spacial score (nSPS) is 23.7. The molecular formula is C15H18N2O4. The van der Waals surface area contributed by atoms with Gasteiger partial charge in [-0.3, -0.25) is 4.79 Å². The van der Waals surface area contributed by atoms with Crippen molar-refractivity contribution in [2.24, 2.45) is 0 Å². The average Bonchev–Trinajstić information content (AvgIpc) is 2.46. The van der Waals surface area contributed by atoms with Crippen molar-refractivity contribution in [1.29, 1.82) is 0 Å². The van der Waals surface area contributed by atoms with Gasteiger partial charge in [-0.2, -0.15) is 0 Å². The van der Waals surface area contributed by atoms with Crippen molar-refractivity contribution in [2.45, 2.75) is 31.9 Å². The van der Waals surface area contributed by atoms with Crippen LogP contribution in [0.15, 0.2) is 18.2 Å². The molecule has 112 valence electrons. The van der Waals surface area contributed by atoms with Crippen LogP contribution >= 0.6 is 0 Å². The molecule has 1 fully saturated rings. The van der Waals surface area contributed by atoms with Gasteiger partial charge in [0.15, 0.2) is 0 Å². The number of fused-ring (bicyclic) bond motifs is 3. The number of hydrogen-bond donors (Lipinski definition) is 1. The van der Waals surface area contributed by atoms with E-state index in [2.05, 4.69) is 5.32 Å². The van der Waals surface area contributed by atoms with Crippen molar-refractivity contribution in [3.8, 4) is 5.75 Å². The van der Waals surface area contributed by atoms with E-state index >= 15 is 0 Å². The van der Waals surface area contributed by atoms with Crippen LogP contribution < -0.4 is 10.1 Å². The van der Waals surface area contributed by atoms with Crippen LogP contribution in [0.1, 0.15) is 31.4 Å². The Morgan fingerprint density at radius 1 is 1.43 bits per heavy atom. The summed E-state index contributed by atoms with van der Waals surface area (Å²) in [6, 6.07) is 5.50. The van der Waals surface area contributed by atoms with Crippen molar-refractivity contribution >= 4 is 17.7 Å². The summed E-state index contributed by atoms with van der Waals surface area (Å²) in [6.45, 7) is 1.99. The number of hydrogen-bond acceptors (Lipinski definition) is 4. The van der Waals surface area contributed by atoms with Gasteiger partial charge in [0.25, 0.3) is 0 Å². The monoisotopic (exact) mass is 290 g/mol. The third-order valence-electron chi connectivity index (χ3n) is 4.02. The topological polar surface area (TPSA) is 67.9 Å². The number of anilines is 1. The molecule has 0 spiro atoms. The lowest BCUT2D eigenvalue weighted by molar-refractivity contribution is -0.149. The van der Waals surface area contributed by atoms with Crippen LogP contribution in [-0.2, 0) is 9.53 Å². The zero-order chi connectivity index (χ0) is 15.0. The summed E-state index contributed by atoms with van der Waals surface area (Å²) >= 11 is 0. The van der Waals surface area contributed by atoms with E-state index < -0.39 is 0 Å². The van der Waals surface area contributed by atoms with E-state index in [1.165, 1.54) is 6.92 Å². The molecule has 6 nitrogen and oxygen atoms in total. The van der Waals surface area contributed by atoms with Crippen molar-refractivity contribution in [3.05, 3.63) is 23.8 Å². The zero-order valence-electron chi connectivity index (χ0n) is 12.1. The Morgan fingerprint density at radius 3 is 2.95 bits per heavy atom. The van der Waals surface area contributed by atoms with Gasteiger partial charge in [0.1, 0.15) is 11.9 Å². The van der Waals surface area contributed by atoms with E-state index in [0.717, 1.165) is 11.3 Å². The number of carbonyl (C=O) groups excluding carboxylic acids is 2. The molecule has 1 aromatic carbocycles. The molecule has 0 bridgehead atoms.